The van der Waals surface area contributed by atoms with Crippen LogP contribution >= 0.6 is 24.0 Å². The molecule has 9 heteroatoms. The van der Waals surface area contributed by atoms with Crippen molar-refractivity contribution in [2.45, 2.75) is 32.5 Å². The number of halogens is 3. The molecule has 0 spiro atoms. The number of nitrogens with one attached hydrogen (secondary N) is 2. The van der Waals surface area contributed by atoms with E-state index in [4.69, 9.17) is 0 Å². The molecule has 1 aliphatic rings. The molecule has 0 saturated carbocycles. The predicted molar refractivity (Wildman–Crippen MR) is 121 cm³/mol. The number of aliphatic imine (C=N–C) groups is 1. The molecule has 0 unspecified atom stereocenters. The SMILES string of the molecule is CN=C(NCc1ccnc(N2CCCC2)c1)NCc1ccccc1OC(F)F.I. The van der Waals surface area contributed by atoms with E-state index < -0.39 is 6.61 Å². The fourth-order valence-electron chi connectivity index (χ4n) is 3.14. The zero-order valence-corrected chi connectivity index (χ0v) is 18.6. The topological polar surface area (TPSA) is 61.8 Å². The fraction of sp³-hybridized carbons (Fsp3) is 0.400. The average molecular weight is 517 g/mol. The van der Waals surface area contributed by atoms with Crippen molar-refractivity contribution in [1.82, 2.24) is 15.6 Å². The second-order valence-corrected chi connectivity index (χ2v) is 6.48. The molecule has 0 radical (unpaired) electrons. The average Bonchev–Trinajstić information content (AvgIpc) is 3.24. The van der Waals surface area contributed by atoms with Gasteiger partial charge in [0.15, 0.2) is 5.96 Å². The minimum absolute atomic E-state index is 0. The van der Waals surface area contributed by atoms with Gasteiger partial charge in [0.1, 0.15) is 11.6 Å². The quantitative estimate of drug-likeness (QED) is 0.333. The third-order valence-electron chi connectivity index (χ3n) is 4.56. The van der Waals surface area contributed by atoms with Crippen LogP contribution in [0.1, 0.15) is 24.0 Å². The van der Waals surface area contributed by atoms with E-state index in [1.165, 1.54) is 18.9 Å². The van der Waals surface area contributed by atoms with Gasteiger partial charge in [-0.15, -0.1) is 24.0 Å². The van der Waals surface area contributed by atoms with E-state index in [1.54, 1.807) is 25.2 Å². The van der Waals surface area contributed by atoms with Gasteiger partial charge in [0.25, 0.3) is 0 Å². The highest BCUT2D eigenvalue weighted by Gasteiger charge is 2.14. The van der Waals surface area contributed by atoms with Crippen molar-refractivity contribution in [3.63, 3.8) is 0 Å². The maximum Gasteiger partial charge on any atom is 0.387 e. The minimum atomic E-state index is -2.85. The zero-order chi connectivity index (χ0) is 19.8. The Labute approximate surface area is 186 Å². The van der Waals surface area contributed by atoms with Gasteiger partial charge in [-0.25, -0.2) is 4.98 Å². The van der Waals surface area contributed by atoms with Crippen LogP contribution in [0.3, 0.4) is 0 Å². The molecular weight excluding hydrogens is 491 g/mol. The van der Waals surface area contributed by atoms with Crippen molar-refractivity contribution in [1.29, 1.82) is 0 Å². The highest BCUT2D eigenvalue weighted by Crippen LogP contribution is 2.20. The van der Waals surface area contributed by atoms with Crippen LogP contribution in [-0.2, 0) is 13.1 Å². The van der Waals surface area contributed by atoms with Crippen LogP contribution in [0.15, 0.2) is 47.6 Å². The summed E-state index contributed by atoms with van der Waals surface area (Å²) >= 11 is 0. The molecule has 158 valence electrons. The van der Waals surface area contributed by atoms with Gasteiger partial charge in [0.2, 0.25) is 0 Å². The number of guanidine groups is 1. The van der Waals surface area contributed by atoms with Crippen molar-refractivity contribution >= 4 is 35.8 Å². The second kappa shape index (κ2) is 11.7. The number of alkyl halides is 2. The smallest absolute Gasteiger partial charge is 0.387 e. The van der Waals surface area contributed by atoms with Crippen LogP contribution in [0.4, 0.5) is 14.6 Å². The number of aromatic nitrogens is 1. The van der Waals surface area contributed by atoms with Gasteiger partial charge < -0.3 is 20.3 Å². The summed E-state index contributed by atoms with van der Waals surface area (Å²) in [6.45, 7) is 0.145. The first-order chi connectivity index (χ1) is 13.7. The maximum absolute atomic E-state index is 12.5. The number of benzene rings is 1. The number of nitrogens with zero attached hydrogens (tertiary/aromatic N) is 3. The molecule has 2 aromatic rings. The first kappa shape index (κ1) is 23.1. The lowest BCUT2D eigenvalue weighted by Gasteiger charge is -2.17. The monoisotopic (exact) mass is 517 g/mol. The van der Waals surface area contributed by atoms with Crippen LogP contribution in [0, 0.1) is 0 Å². The number of anilines is 1. The number of para-hydroxylation sites is 1. The molecule has 6 nitrogen and oxygen atoms in total. The van der Waals surface area contributed by atoms with Gasteiger partial charge >= 0.3 is 6.61 Å². The molecule has 29 heavy (non-hydrogen) atoms. The molecule has 3 rings (SSSR count). The highest BCUT2D eigenvalue weighted by molar-refractivity contribution is 14.0. The molecule has 1 aromatic heterocycles. The Balaban J connectivity index is 0.00000300. The molecule has 1 aromatic carbocycles. The largest absolute Gasteiger partial charge is 0.434 e. The third kappa shape index (κ3) is 6.98. The lowest BCUT2D eigenvalue weighted by atomic mass is 10.2. The lowest BCUT2D eigenvalue weighted by molar-refractivity contribution is -0.0504. The van der Waals surface area contributed by atoms with Gasteiger partial charge in [-0.3, -0.25) is 4.99 Å². The molecule has 2 N–H and O–H groups in total. The van der Waals surface area contributed by atoms with Gasteiger partial charge in [-0.2, -0.15) is 8.78 Å². The Morgan fingerprint density at radius 1 is 1.17 bits per heavy atom. The summed E-state index contributed by atoms with van der Waals surface area (Å²) in [6.07, 6.45) is 4.23. The van der Waals surface area contributed by atoms with E-state index in [-0.39, 0.29) is 29.7 Å². The third-order valence-corrected chi connectivity index (χ3v) is 4.56. The number of ether oxygens (including phenoxy) is 1. The van der Waals surface area contributed by atoms with E-state index in [0.717, 1.165) is 24.5 Å². The summed E-state index contributed by atoms with van der Waals surface area (Å²) < 4.78 is 29.6. The molecule has 0 aliphatic carbocycles. The molecular formula is C20H26F2IN5O. The van der Waals surface area contributed by atoms with Crippen LogP contribution in [0.2, 0.25) is 0 Å². The predicted octanol–water partition coefficient (Wildman–Crippen LogP) is 3.77. The molecule has 0 atom stereocenters. The lowest BCUT2D eigenvalue weighted by Crippen LogP contribution is -2.36. The minimum Gasteiger partial charge on any atom is -0.434 e. The van der Waals surface area contributed by atoms with Crippen molar-refractivity contribution in [2.24, 2.45) is 4.99 Å². The van der Waals surface area contributed by atoms with Gasteiger partial charge in [0.05, 0.1) is 0 Å². The molecule has 0 bridgehead atoms. The number of pyridine rings is 1. The summed E-state index contributed by atoms with van der Waals surface area (Å²) in [5.41, 5.74) is 1.73. The summed E-state index contributed by atoms with van der Waals surface area (Å²) in [4.78, 5) is 10.9. The van der Waals surface area contributed by atoms with E-state index in [2.05, 4.69) is 36.3 Å². The first-order valence-electron chi connectivity index (χ1n) is 9.33. The fourth-order valence-corrected chi connectivity index (χ4v) is 3.14. The Bertz CT molecular complexity index is 800. The summed E-state index contributed by atoms with van der Waals surface area (Å²) in [5.74, 6) is 1.73. The Hall–Kier alpha value is -2.17. The molecule has 1 fully saturated rings. The van der Waals surface area contributed by atoms with Crippen LogP contribution in [0.25, 0.3) is 0 Å². The zero-order valence-electron chi connectivity index (χ0n) is 16.3. The standard InChI is InChI=1S/C20H25F2N5O.HI/c1-23-20(26-14-16-6-2-3-7-17(16)28-19(21)22)25-13-15-8-9-24-18(12-15)27-10-4-5-11-27;/h2-3,6-9,12,19H,4-5,10-11,13-14H2,1H3,(H2,23,25,26);1H. The number of hydrogen-bond donors (Lipinski definition) is 2. The van der Waals surface area contributed by atoms with Crippen LogP contribution in [-0.4, -0.2) is 37.7 Å². The number of hydrogen-bond acceptors (Lipinski definition) is 4. The van der Waals surface area contributed by atoms with Gasteiger partial charge in [-0.05, 0) is 36.6 Å². The Morgan fingerprint density at radius 3 is 2.62 bits per heavy atom. The second-order valence-electron chi connectivity index (χ2n) is 6.48. The van der Waals surface area contributed by atoms with E-state index in [0.29, 0.717) is 24.6 Å². The molecule has 2 heterocycles. The summed E-state index contributed by atoms with van der Waals surface area (Å²) in [5, 5.41) is 6.36. The highest BCUT2D eigenvalue weighted by atomic mass is 127. The normalized spacial score (nSPS) is 13.9. The van der Waals surface area contributed by atoms with E-state index >= 15 is 0 Å². The maximum atomic E-state index is 12.5. The van der Waals surface area contributed by atoms with Gasteiger partial charge in [0, 0.05) is 45.0 Å². The van der Waals surface area contributed by atoms with E-state index in [1.807, 2.05) is 12.3 Å². The van der Waals surface area contributed by atoms with Gasteiger partial charge in [-0.1, -0.05) is 18.2 Å². The first-order valence-corrected chi connectivity index (χ1v) is 9.33. The Kier molecular flexibility index (Phi) is 9.36. The molecule has 1 aliphatic heterocycles. The summed E-state index contributed by atoms with van der Waals surface area (Å²) in [7, 11) is 1.67. The Morgan fingerprint density at radius 2 is 1.90 bits per heavy atom. The van der Waals surface area contributed by atoms with Crippen molar-refractivity contribution in [3.8, 4) is 5.75 Å². The van der Waals surface area contributed by atoms with E-state index in [9.17, 15) is 8.78 Å². The molecule has 0 amide bonds. The van der Waals surface area contributed by atoms with Crippen molar-refractivity contribution in [2.75, 3.05) is 25.0 Å². The summed E-state index contributed by atoms with van der Waals surface area (Å²) in [6, 6.07) is 10.8. The van der Waals surface area contributed by atoms with Crippen molar-refractivity contribution in [3.05, 3.63) is 53.7 Å². The van der Waals surface area contributed by atoms with Crippen molar-refractivity contribution < 1.29 is 13.5 Å². The molecule has 1 saturated heterocycles. The number of rotatable bonds is 7. The van der Waals surface area contributed by atoms with Crippen LogP contribution < -0.4 is 20.3 Å². The van der Waals surface area contributed by atoms with Crippen LogP contribution in [0.5, 0.6) is 5.75 Å².